The molecule has 82 valence electrons. The molecule has 15 heavy (non-hydrogen) atoms. The minimum atomic E-state index is 0.176. The van der Waals surface area contributed by atoms with Crippen molar-refractivity contribution in [2.24, 2.45) is 0 Å². The summed E-state index contributed by atoms with van der Waals surface area (Å²) in [5.41, 5.74) is 0. The average Bonchev–Trinajstić information content (AvgIpc) is 2.74. The Bertz CT molecular complexity index is 340. The van der Waals surface area contributed by atoms with Crippen molar-refractivity contribution in [3.8, 4) is 6.07 Å². The zero-order valence-corrected chi connectivity index (χ0v) is 9.53. The minimum absolute atomic E-state index is 0.176. The molecule has 0 fully saturated rings. The zero-order chi connectivity index (χ0) is 11.3. The van der Waals surface area contributed by atoms with Crippen molar-refractivity contribution in [3.05, 3.63) is 11.7 Å². The van der Waals surface area contributed by atoms with E-state index >= 15 is 0 Å². The molecule has 0 aromatic carbocycles. The minimum Gasteiger partial charge on any atom is -0.339 e. The van der Waals surface area contributed by atoms with Crippen LogP contribution in [0.25, 0.3) is 0 Å². The number of hydrogen-bond acceptors (Lipinski definition) is 4. The highest BCUT2D eigenvalue weighted by Crippen LogP contribution is 2.21. The Hall–Kier alpha value is -1.37. The molecule has 1 heterocycles. The summed E-state index contributed by atoms with van der Waals surface area (Å²) < 4.78 is 5.18. The summed E-state index contributed by atoms with van der Waals surface area (Å²) in [5, 5.41) is 12.4. The van der Waals surface area contributed by atoms with Gasteiger partial charge >= 0.3 is 0 Å². The third kappa shape index (κ3) is 3.05. The van der Waals surface area contributed by atoms with Crippen molar-refractivity contribution in [1.82, 2.24) is 10.1 Å². The summed E-state index contributed by atoms with van der Waals surface area (Å²) >= 11 is 0. The molecule has 1 aromatic rings. The summed E-state index contributed by atoms with van der Waals surface area (Å²) in [6.07, 6.45) is 2.31. The molecule has 0 saturated carbocycles. The Kier molecular flexibility index (Phi) is 4.29. The molecule has 1 rings (SSSR count). The molecule has 2 unspecified atom stereocenters. The first-order chi connectivity index (χ1) is 7.19. The van der Waals surface area contributed by atoms with Gasteiger partial charge in [-0.1, -0.05) is 25.9 Å². The van der Waals surface area contributed by atoms with Crippen LogP contribution in [0.3, 0.4) is 0 Å². The highest BCUT2D eigenvalue weighted by atomic mass is 16.5. The van der Waals surface area contributed by atoms with Crippen molar-refractivity contribution in [3.63, 3.8) is 0 Å². The van der Waals surface area contributed by atoms with Crippen molar-refractivity contribution >= 4 is 0 Å². The van der Waals surface area contributed by atoms with Crippen LogP contribution in [0.2, 0.25) is 0 Å². The lowest BCUT2D eigenvalue weighted by Gasteiger charge is -2.02. The molecule has 4 nitrogen and oxygen atoms in total. The lowest BCUT2D eigenvalue weighted by atomic mass is 10.1. The van der Waals surface area contributed by atoms with Crippen molar-refractivity contribution < 1.29 is 4.52 Å². The van der Waals surface area contributed by atoms with E-state index in [4.69, 9.17) is 9.78 Å². The third-order valence-corrected chi connectivity index (χ3v) is 2.62. The summed E-state index contributed by atoms with van der Waals surface area (Å²) in [5.74, 6) is 1.94. The van der Waals surface area contributed by atoms with E-state index in [9.17, 15) is 0 Å². The van der Waals surface area contributed by atoms with Crippen LogP contribution < -0.4 is 0 Å². The Morgan fingerprint density at radius 3 is 2.73 bits per heavy atom. The summed E-state index contributed by atoms with van der Waals surface area (Å²) in [7, 11) is 0. The van der Waals surface area contributed by atoms with Gasteiger partial charge < -0.3 is 4.52 Å². The number of aromatic nitrogens is 2. The van der Waals surface area contributed by atoms with Crippen LogP contribution in [-0.4, -0.2) is 10.1 Å². The quantitative estimate of drug-likeness (QED) is 0.744. The molecule has 0 aliphatic carbocycles. The second-order valence-electron chi connectivity index (χ2n) is 3.90. The number of rotatable bonds is 5. The van der Waals surface area contributed by atoms with Gasteiger partial charge in [-0.3, -0.25) is 0 Å². The Morgan fingerprint density at radius 1 is 1.40 bits per heavy atom. The average molecular weight is 207 g/mol. The smallest absolute Gasteiger partial charge is 0.229 e. The van der Waals surface area contributed by atoms with Crippen LogP contribution in [0.4, 0.5) is 0 Å². The molecule has 0 N–H and O–H groups in total. The van der Waals surface area contributed by atoms with Crippen LogP contribution in [0, 0.1) is 11.3 Å². The Morgan fingerprint density at radius 2 is 2.13 bits per heavy atom. The van der Waals surface area contributed by atoms with Gasteiger partial charge in [0.05, 0.1) is 6.07 Å². The van der Waals surface area contributed by atoms with Crippen molar-refractivity contribution in [1.29, 1.82) is 5.26 Å². The van der Waals surface area contributed by atoms with E-state index in [2.05, 4.69) is 30.1 Å². The predicted molar refractivity (Wildman–Crippen MR) is 56.3 cm³/mol. The fourth-order valence-electron chi connectivity index (χ4n) is 1.23. The van der Waals surface area contributed by atoms with E-state index in [0.29, 0.717) is 18.2 Å². The van der Waals surface area contributed by atoms with Gasteiger partial charge in [-0.2, -0.15) is 10.2 Å². The summed E-state index contributed by atoms with van der Waals surface area (Å²) in [4.78, 5) is 4.35. The molecule has 2 atom stereocenters. The van der Waals surface area contributed by atoms with Gasteiger partial charge in [0, 0.05) is 18.3 Å². The van der Waals surface area contributed by atoms with Crippen molar-refractivity contribution in [2.75, 3.05) is 0 Å². The van der Waals surface area contributed by atoms with E-state index < -0.39 is 0 Å². The first-order valence-corrected chi connectivity index (χ1v) is 5.39. The topological polar surface area (TPSA) is 62.7 Å². The Balaban J connectivity index is 2.63. The second-order valence-corrected chi connectivity index (χ2v) is 3.90. The number of hydrogen-bond donors (Lipinski definition) is 0. The van der Waals surface area contributed by atoms with E-state index in [1.807, 2.05) is 6.92 Å². The number of nitriles is 1. The van der Waals surface area contributed by atoms with Crippen LogP contribution in [0.5, 0.6) is 0 Å². The van der Waals surface area contributed by atoms with E-state index in [1.54, 1.807) is 0 Å². The molecule has 0 radical (unpaired) electrons. The maximum absolute atomic E-state index is 8.48. The van der Waals surface area contributed by atoms with Gasteiger partial charge in [-0.05, 0) is 12.8 Å². The van der Waals surface area contributed by atoms with Crippen LogP contribution >= 0.6 is 0 Å². The van der Waals surface area contributed by atoms with Gasteiger partial charge in [0.15, 0.2) is 5.82 Å². The standard InChI is InChI=1S/C11H17N3O/c1-4-8(2)10-13-11(15-14-10)9(3)6-5-7-12/h8-9H,4-6H2,1-3H3. The molecular weight excluding hydrogens is 190 g/mol. The molecule has 1 aromatic heterocycles. The van der Waals surface area contributed by atoms with Gasteiger partial charge in [-0.15, -0.1) is 0 Å². The highest BCUT2D eigenvalue weighted by Gasteiger charge is 2.16. The fourth-order valence-corrected chi connectivity index (χ4v) is 1.23. The van der Waals surface area contributed by atoms with E-state index in [-0.39, 0.29) is 5.92 Å². The molecular formula is C11H17N3O. The van der Waals surface area contributed by atoms with Gasteiger partial charge in [0.25, 0.3) is 0 Å². The van der Waals surface area contributed by atoms with E-state index in [1.165, 1.54) is 0 Å². The largest absolute Gasteiger partial charge is 0.339 e. The summed E-state index contributed by atoms with van der Waals surface area (Å²) in [6, 6.07) is 2.12. The second kappa shape index (κ2) is 5.50. The number of nitrogens with zero attached hydrogens (tertiary/aromatic N) is 3. The maximum atomic E-state index is 8.48. The normalized spacial score (nSPS) is 14.5. The highest BCUT2D eigenvalue weighted by molar-refractivity contribution is 4.97. The molecule has 0 aliphatic rings. The molecule has 0 amide bonds. The van der Waals surface area contributed by atoms with Crippen LogP contribution in [0.1, 0.15) is 63.6 Å². The maximum Gasteiger partial charge on any atom is 0.229 e. The predicted octanol–water partition coefficient (Wildman–Crippen LogP) is 2.99. The molecule has 0 aliphatic heterocycles. The van der Waals surface area contributed by atoms with Gasteiger partial charge in [0.1, 0.15) is 0 Å². The first kappa shape index (κ1) is 11.7. The zero-order valence-electron chi connectivity index (χ0n) is 9.53. The molecule has 0 saturated heterocycles. The Labute approximate surface area is 90.3 Å². The van der Waals surface area contributed by atoms with Crippen molar-refractivity contribution in [2.45, 2.75) is 51.9 Å². The third-order valence-electron chi connectivity index (χ3n) is 2.62. The van der Waals surface area contributed by atoms with Crippen LogP contribution in [0.15, 0.2) is 4.52 Å². The summed E-state index contributed by atoms with van der Waals surface area (Å²) in [6.45, 7) is 6.18. The monoisotopic (exact) mass is 207 g/mol. The van der Waals surface area contributed by atoms with Gasteiger partial charge in [0.2, 0.25) is 5.89 Å². The molecule has 4 heteroatoms. The van der Waals surface area contributed by atoms with Crippen LogP contribution in [-0.2, 0) is 0 Å². The molecule has 0 spiro atoms. The lowest BCUT2D eigenvalue weighted by molar-refractivity contribution is 0.348. The lowest BCUT2D eigenvalue weighted by Crippen LogP contribution is -1.97. The molecule has 0 bridgehead atoms. The van der Waals surface area contributed by atoms with Gasteiger partial charge in [-0.25, -0.2) is 0 Å². The fraction of sp³-hybridized carbons (Fsp3) is 0.727. The first-order valence-electron chi connectivity index (χ1n) is 5.39. The van der Waals surface area contributed by atoms with E-state index in [0.717, 1.165) is 18.7 Å². The SMILES string of the molecule is CCC(C)c1noc(C(C)CCC#N)n1.